The van der Waals surface area contributed by atoms with Gasteiger partial charge in [-0.1, -0.05) is 28.1 Å². The number of nitrogens with zero attached hydrogens (tertiary/aromatic N) is 3. The van der Waals surface area contributed by atoms with E-state index in [4.69, 9.17) is 5.11 Å². The van der Waals surface area contributed by atoms with E-state index in [-0.39, 0.29) is 19.1 Å². The van der Waals surface area contributed by atoms with Crippen molar-refractivity contribution in [3.8, 4) is 0 Å². The number of carbonyl (C=O) groups excluding carboxylic acids is 1. The van der Waals surface area contributed by atoms with Crippen LogP contribution >= 0.6 is 15.9 Å². The van der Waals surface area contributed by atoms with Gasteiger partial charge in [-0.25, -0.2) is 9.50 Å². The van der Waals surface area contributed by atoms with Gasteiger partial charge in [0.05, 0.1) is 12.8 Å². The van der Waals surface area contributed by atoms with Crippen LogP contribution in [0.25, 0.3) is 5.65 Å². The van der Waals surface area contributed by atoms with Crippen molar-refractivity contribution >= 4 is 27.5 Å². The number of fused-ring (bicyclic) bond motifs is 1. The Balaban J connectivity index is 2.01. The maximum Gasteiger partial charge on any atom is 0.256 e. The molecule has 0 aliphatic rings. The summed E-state index contributed by atoms with van der Waals surface area (Å²) >= 11 is 3.50. The Morgan fingerprint density at radius 3 is 2.88 bits per heavy atom. The molecule has 0 radical (unpaired) electrons. The Hall–Kier alpha value is -2.25. The van der Waals surface area contributed by atoms with Crippen molar-refractivity contribution in [2.24, 2.45) is 0 Å². The lowest BCUT2D eigenvalue weighted by atomic mass is 10.0. The molecule has 3 rings (SSSR count). The fraction of sp³-hybridized carbons (Fsp3) is 0.278. The Kier molecular flexibility index (Phi) is 5.15. The van der Waals surface area contributed by atoms with Crippen LogP contribution in [0, 0.1) is 13.8 Å². The summed E-state index contributed by atoms with van der Waals surface area (Å²) in [5.41, 5.74) is 5.05. The van der Waals surface area contributed by atoms with E-state index in [9.17, 15) is 4.79 Å². The summed E-state index contributed by atoms with van der Waals surface area (Å²) in [5.74, 6) is -0.282. The van der Waals surface area contributed by atoms with Gasteiger partial charge in [0.15, 0.2) is 5.65 Å². The average Bonchev–Trinajstić information content (AvgIpc) is 3.00. The van der Waals surface area contributed by atoms with Crippen molar-refractivity contribution in [2.75, 3.05) is 13.2 Å². The first-order valence-electron chi connectivity index (χ1n) is 7.98. The van der Waals surface area contributed by atoms with Crippen LogP contribution in [0.4, 0.5) is 0 Å². The molecular formula is C18H19BrN4O2. The predicted molar refractivity (Wildman–Crippen MR) is 98.8 cm³/mol. The Bertz CT molecular complexity index is 936. The Morgan fingerprint density at radius 2 is 2.16 bits per heavy atom. The molecule has 0 saturated heterocycles. The van der Waals surface area contributed by atoms with Crippen molar-refractivity contribution in [2.45, 2.75) is 20.3 Å². The molecule has 25 heavy (non-hydrogen) atoms. The maximum absolute atomic E-state index is 12.2. The minimum absolute atomic E-state index is 0.104. The number of nitrogens with one attached hydrogen (secondary N) is 1. The minimum atomic E-state index is -0.282. The molecule has 1 aromatic carbocycles. The van der Waals surface area contributed by atoms with E-state index in [2.05, 4.69) is 43.5 Å². The van der Waals surface area contributed by atoms with E-state index >= 15 is 0 Å². The minimum Gasteiger partial charge on any atom is -0.395 e. The lowest BCUT2D eigenvalue weighted by Gasteiger charge is -2.12. The molecule has 2 heterocycles. The average molecular weight is 403 g/mol. The Morgan fingerprint density at radius 1 is 1.36 bits per heavy atom. The van der Waals surface area contributed by atoms with E-state index in [0.717, 1.165) is 27.8 Å². The molecule has 0 aliphatic carbocycles. The monoisotopic (exact) mass is 402 g/mol. The third kappa shape index (κ3) is 3.57. The zero-order chi connectivity index (χ0) is 18.0. The number of aliphatic hydroxyl groups excluding tert-OH is 1. The normalized spacial score (nSPS) is 11.0. The van der Waals surface area contributed by atoms with Crippen molar-refractivity contribution in [3.05, 3.63) is 63.0 Å². The van der Waals surface area contributed by atoms with Gasteiger partial charge in [-0.15, -0.1) is 0 Å². The molecule has 6 nitrogen and oxygen atoms in total. The summed E-state index contributed by atoms with van der Waals surface area (Å²) in [6, 6.07) is 8.16. The number of halogens is 1. The number of hydrogen-bond donors (Lipinski definition) is 2. The predicted octanol–water partition coefficient (Wildman–Crippen LogP) is 2.42. The molecule has 1 amide bonds. The van der Waals surface area contributed by atoms with Crippen LogP contribution in [-0.4, -0.2) is 38.8 Å². The molecular weight excluding hydrogens is 384 g/mol. The van der Waals surface area contributed by atoms with Gasteiger partial charge in [0, 0.05) is 28.8 Å². The third-order valence-corrected chi connectivity index (χ3v) is 4.61. The van der Waals surface area contributed by atoms with Gasteiger partial charge >= 0.3 is 0 Å². The van der Waals surface area contributed by atoms with Crippen LogP contribution in [0.15, 0.2) is 34.9 Å². The number of benzene rings is 1. The van der Waals surface area contributed by atoms with E-state index in [1.807, 2.05) is 26.0 Å². The molecule has 0 aliphatic heterocycles. The van der Waals surface area contributed by atoms with Crippen LogP contribution in [0.5, 0.6) is 0 Å². The van der Waals surface area contributed by atoms with Gasteiger partial charge in [0.25, 0.3) is 5.91 Å². The Labute approximate surface area is 154 Å². The maximum atomic E-state index is 12.2. The van der Waals surface area contributed by atoms with Crippen molar-refractivity contribution in [1.29, 1.82) is 0 Å². The van der Waals surface area contributed by atoms with Gasteiger partial charge in [-0.05, 0) is 37.1 Å². The first-order valence-corrected chi connectivity index (χ1v) is 8.78. The lowest BCUT2D eigenvalue weighted by Crippen LogP contribution is -2.26. The van der Waals surface area contributed by atoms with E-state index in [1.54, 1.807) is 4.52 Å². The largest absolute Gasteiger partial charge is 0.395 e. The number of aromatic nitrogens is 3. The van der Waals surface area contributed by atoms with Gasteiger partial charge in [-0.3, -0.25) is 4.79 Å². The quantitative estimate of drug-likeness (QED) is 0.686. The third-order valence-electron chi connectivity index (χ3n) is 4.12. The van der Waals surface area contributed by atoms with Crippen molar-refractivity contribution in [3.63, 3.8) is 0 Å². The van der Waals surface area contributed by atoms with E-state index in [0.29, 0.717) is 11.2 Å². The molecule has 0 spiro atoms. The molecule has 0 bridgehead atoms. The number of amides is 1. The van der Waals surface area contributed by atoms with Gasteiger partial charge < -0.3 is 10.4 Å². The van der Waals surface area contributed by atoms with Gasteiger partial charge in [0.1, 0.15) is 5.56 Å². The van der Waals surface area contributed by atoms with Crippen LogP contribution in [-0.2, 0) is 6.42 Å². The summed E-state index contributed by atoms with van der Waals surface area (Å²) in [4.78, 5) is 16.8. The topological polar surface area (TPSA) is 79.5 Å². The van der Waals surface area contributed by atoms with Crippen LogP contribution in [0.1, 0.15) is 32.9 Å². The second-order valence-electron chi connectivity index (χ2n) is 5.84. The highest BCUT2D eigenvalue weighted by molar-refractivity contribution is 9.10. The smallest absolute Gasteiger partial charge is 0.256 e. The fourth-order valence-corrected chi connectivity index (χ4v) is 3.29. The number of rotatable bonds is 5. The molecule has 0 atom stereocenters. The number of carbonyl (C=O) groups is 1. The number of hydrogen-bond acceptors (Lipinski definition) is 4. The zero-order valence-electron chi connectivity index (χ0n) is 14.1. The molecule has 2 aromatic heterocycles. The summed E-state index contributed by atoms with van der Waals surface area (Å²) in [7, 11) is 0. The molecule has 0 fully saturated rings. The van der Waals surface area contributed by atoms with Crippen LogP contribution < -0.4 is 5.32 Å². The molecule has 2 N–H and O–H groups in total. The molecule has 130 valence electrons. The molecule has 7 heteroatoms. The second kappa shape index (κ2) is 7.33. The highest BCUT2D eigenvalue weighted by Crippen LogP contribution is 2.21. The summed E-state index contributed by atoms with van der Waals surface area (Å²) in [6.45, 7) is 4.03. The first-order chi connectivity index (χ1) is 12.0. The first kappa shape index (κ1) is 17.6. The molecule has 0 unspecified atom stereocenters. The fourth-order valence-electron chi connectivity index (χ4n) is 2.84. The molecule has 0 saturated carbocycles. The zero-order valence-corrected chi connectivity index (χ0v) is 15.7. The van der Waals surface area contributed by atoms with Crippen molar-refractivity contribution in [1.82, 2.24) is 19.9 Å². The van der Waals surface area contributed by atoms with Crippen LogP contribution in [0.3, 0.4) is 0 Å². The second-order valence-corrected chi connectivity index (χ2v) is 6.76. The summed E-state index contributed by atoms with van der Waals surface area (Å²) in [5, 5.41) is 15.8. The number of aliphatic hydroxyl groups is 1. The van der Waals surface area contributed by atoms with Gasteiger partial charge in [0.2, 0.25) is 0 Å². The highest BCUT2D eigenvalue weighted by atomic mass is 79.9. The highest BCUT2D eigenvalue weighted by Gasteiger charge is 2.18. The summed E-state index contributed by atoms with van der Waals surface area (Å²) in [6.07, 6.45) is 2.26. The molecule has 3 aromatic rings. The SMILES string of the molecule is Cc1nc2c(C(=O)NCCO)cnn2c(C)c1Cc1cccc(Br)c1. The van der Waals surface area contributed by atoms with E-state index < -0.39 is 0 Å². The standard InChI is InChI=1S/C18H19BrN4O2/c1-11-15(9-13-4-3-5-14(19)8-13)12(2)23-17(22-11)16(10-21-23)18(25)20-6-7-24/h3-5,8,10,24H,6-7,9H2,1-2H3,(H,20,25). The van der Waals surface area contributed by atoms with Crippen molar-refractivity contribution < 1.29 is 9.90 Å². The summed E-state index contributed by atoms with van der Waals surface area (Å²) < 4.78 is 2.74. The van der Waals surface area contributed by atoms with Gasteiger partial charge in [-0.2, -0.15) is 5.10 Å². The van der Waals surface area contributed by atoms with Crippen LogP contribution in [0.2, 0.25) is 0 Å². The lowest BCUT2D eigenvalue weighted by molar-refractivity contribution is 0.0946. The van der Waals surface area contributed by atoms with E-state index in [1.165, 1.54) is 11.8 Å². The number of aryl methyl sites for hydroxylation is 2.